The molecule has 8 nitrogen and oxygen atoms in total. The second kappa shape index (κ2) is 7.07. The summed E-state index contributed by atoms with van der Waals surface area (Å²) in [4.78, 5) is 11.9. The lowest BCUT2D eigenvalue weighted by atomic mass is 10.2. The molecule has 0 saturated carbocycles. The van der Waals surface area contributed by atoms with Crippen molar-refractivity contribution >= 4 is 21.6 Å². The van der Waals surface area contributed by atoms with Gasteiger partial charge in [0.1, 0.15) is 0 Å². The lowest BCUT2D eigenvalue weighted by Crippen LogP contribution is -2.25. The quantitative estimate of drug-likeness (QED) is 0.830. The normalized spacial score (nSPS) is 11.3. The summed E-state index contributed by atoms with van der Waals surface area (Å²) in [6.07, 6.45) is 0. The molecule has 0 radical (unpaired) electrons. The molecule has 2 aromatic rings. The predicted octanol–water partition coefficient (Wildman–Crippen LogP) is 1.33. The van der Waals surface area contributed by atoms with Crippen molar-refractivity contribution in [1.29, 1.82) is 0 Å². The zero-order valence-corrected chi connectivity index (χ0v) is 14.3. The third-order valence-electron chi connectivity index (χ3n) is 2.93. The van der Waals surface area contributed by atoms with Crippen LogP contribution in [0.2, 0.25) is 5.02 Å². The molecule has 0 spiro atoms. The summed E-state index contributed by atoms with van der Waals surface area (Å²) < 4.78 is 37.0. The summed E-state index contributed by atoms with van der Waals surface area (Å²) >= 11 is 5.96. The van der Waals surface area contributed by atoms with E-state index in [0.717, 1.165) is 0 Å². The molecule has 0 fully saturated rings. The smallest absolute Gasteiger partial charge is 0.322 e. The van der Waals surface area contributed by atoms with E-state index in [1.165, 1.54) is 20.3 Å². The molecule has 1 heterocycles. The maximum Gasteiger partial charge on any atom is 0.322 e. The fourth-order valence-electron chi connectivity index (χ4n) is 1.76. The molecule has 0 amide bonds. The number of rotatable bonds is 6. The molecule has 10 heteroatoms. The number of hydrogen-bond donors (Lipinski definition) is 1. The number of sulfonamides is 1. The first-order chi connectivity index (χ1) is 10.9. The Kier molecular flexibility index (Phi) is 5.34. The zero-order valence-electron chi connectivity index (χ0n) is 12.7. The van der Waals surface area contributed by atoms with Crippen LogP contribution in [0.5, 0.6) is 12.0 Å². The summed E-state index contributed by atoms with van der Waals surface area (Å²) in [5, 5.41) is 0.372. The Labute approximate surface area is 138 Å². The van der Waals surface area contributed by atoms with Crippen LogP contribution in [0.15, 0.2) is 23.1 Å². The van der Waals surface area contributed by atoms with Crippen LogP contribution in [-0.4, -0.2) is 37.6 Å². The molecule has 0 unspecified atom stereocenters. The fourth-order valence-corrected chi connectivity index (χ4v) is 3.23. The van der Waals surface area contributed by atoms with Crippen molar-refractivity contribution in [2.24, 2.45) is 0 Å². The average Bonchev–Trinajstić information content (AvgIpc) is 2.55. The molecule has 1 aromatic carbocycles. The van der Waals surface area contributed by atoms with Gasteiger partial charge >= 0.3 is 12.0 Å². The fraction of sp³-hybridized carbons (Fsp3) is 0.308. The van der Waals surface area contributed by atoms with Crippen LogP contribution in [0.4, 0.5) is 0 Å². The lowest BCUT2D eigenvalue weighted by molar-refractivity contribution is 0.336. The van der Waals surface area contributed by atoms with Crippen LogP contribution in [0.3, 0.4) is 0 Å². The SMILES string of the molecule is COc1nc(CNS(=O)(=O)c2cccc(Cl)c2C)nc(OC)n1. The van der Waals surface area contributed by atoms with E-state index >= 15 is 0 Å². The summed E-state index contributed by atoms with van der Waals surface area (Å²) in [6.45, 7) is 1.48. The number of nitrogens with one attached hydrogen (secondary N) is 1. The molecule has 1 N–H and O–H groups in total. The molecular weight excluding hydrogens is 344 g/mol. The maximum absolute atomic E-state index is 12.4. The number of ether oxygens (including phenoxy) is 2. The number of aromatic nitrogens is 3. The Morgan fingerprint density at radius 2 is 1.74 bits per heavy atom. The Morgan fingerprint density at radius 3 is 2.30 bits per heavy atom. The number of halogens is 1. The summed E-state index contributed by atoms with van der Waals surface area (Å²) in [7, 11) is -0.993. The van der Waals surface area contributed by atoms with Gasteiger partial charge in [0.05, 0.1) is 25.7 Å². The molecule has 124 valence electrons. The minimum atomic E-state index is -3.77. The first-order valence-corrected chi connectivity index (χ1v) is 8.31. The largest absolute Gasteiger partial charge is 0.467 e. The molecule has 1 aromatic heterocycles. The predicted molar refractivity (Wildman–Crippen MR) is 83.1 cm³/mol. The molecule has 0 aliphatic carbocycles. The third kappa shape index (κ3) is 4.06. The van der Waals surface area contributed by atoms with Gasteiger partial charge in [0.2, 0.25) is 10.0 Å². The van der Waals surface area contributed by atoms with Crippen LogP contribution in [0, 0.1) is 6.92 Å². The third-order valence-corrected chi connectivity index (χ3v) is 4.89. The van der Waals surface area contributed by atoms with Crippen LogP contribution < -0.4 is 14.2 Å². The lowest BCUT2D eigenvalue weighted by Gasteiger charge is -2.10. The Morgan fingerprint density at radius 1 is 1.13 bits per heavy atom. The van der Waals surface area contributed by atoms with Crippen LogP contribution in [-0.2, 0) is 16.6 Å². The van der Waals surface area contributed by atoms with Crippen molar-refractivity contribution in [3.63, 3.8) is 0 Å². The zero-order chi connectivity index (χ0) is 17.0. The van der Waals surface area contributed by atoms with Crippen molar-refractivity contribution < 1.29 is 17.9 Å². The van der Waals surface area contributed by atoms with Crippen molar-refractivity contribution in [2.75, 3.05) is 14.2 Å². The van der Waals surface area contributed by atoms with E-state index < -0.39 is 10.0 Å². The van der Waals surface area contributed by atoms with E-state index in [4.69, 9.17) is 21.1 Å². The summed E-state index contributed by atoms with van der Waals surface area (Å²) in [5.74, 6) is 0.164. The van der Waals surface area contributed by atoms with Crippen molar-refractivity contribution in [3.05, 3.63) is 34.6 Å². The summed E-state index contributed by atoms with van der Waals surface area (Å²) in [5.41, 5.74) is 0.465. The molecule has 0 aliphatic heterocycles. The Bertz CT molecular complexity index is 791. The van der Waals surface area contributed by atoms with Gasteiger partial charge in [-0.05, 0) is 24.6 Å². The van der Waals surface area contributed by atoms with Gasteiger partial charge in [0.25, 0.3) is 0 Å². The molecule has 0 saturated heterocycles. The number of methoxy groups -OCH3 is 2. The molecule has 0 aliphatic rings. The number of nitrogens with zero attached hydrogens (tertiary/aromatic N) is 3. The highest BCUT2D eigenvalue weighted by Crippen LogP contribution is 2.22. The van der Waals surface area contributed by atoms with Gasteiger partial charge in [-0.3, -0.25) is 0 Å². The molecule has 0 bridgehead atoms. The van der Waals surface area contributed by atoms with E-state index in [-0.39, 0.29) is 29.3 Å². The molecule has 23 heavy (non-hydrogen) atoms. The molecule has 2 rings (SSSR count). The Hall–Kier alpha value is -1.97. The first kappa shape index (κ1) is 17.4. The standard InChI is InChI=1S/C13H15ClN4O4S/c1-8-9(14)5-4-6-10(8)23(19,20)15-7-11-16-12(21-2)18-13(17-11)22-3/h4-6,15H,7H2,1-3H3. The Balaban J connectivity index is 2.24. The average molecular weight is 359 g/mol. The van der Waals surface area contributed by atoms with E-state index in [2.05, 4.69) is 19.7 Å². The second-order valence-electron chi connectivity index (χ2n) is 4.41. The van der Waals surface area contributed by atoms with Gasteiger partial charge in [-0.25, -0.2) is 13.1 Å². The highest BCUT2D eigenvalue weighted by atomic mass is 35.5. The van der Waals surface area contributed by atoms with Gasteiger partial charge in [0, 0.05) is 5.02 Å². The van der Waals surface area contributed by atoms with E-state index in [0.29, 0.717) is 10.6 Å². The number of benzene rings is 1. The highest BCUT2D eigenvalue weighted by molar-refractivity contribution is 7.89. The van der Waals surface area contributed by atoms with E-state index in [1.54, 1.807) is 19.1 Å². The van der Waals surface area contributed by atoms with Crippen molar-refractivity contribution in [1.82, 2.24) is 19.7 Å². The van der Waals surface area contributed by atoms with Crippen LogP contribution in [0.25, 0.3) is 0 Å². The molecular formula is C13H15ClN4O4S. The van der Waals surface area contributed by atoms with Gasteiger partial charge in [-0.1, -0.05) is 17.7 Å². The van der Waals surface area contributed by atoms with Gasteiger partial charge in [0.15, 0.2) is 5.82 Å². The summed E-state index contributed by atoms with van der Waals surface area (Å²) in [6, 6.07) is 4.73. The van der Waals surface area contributed by atoms with Crippen LogP contribution in [0.1, 0.15) is 11.4 Å². The minimum Gasteiger partial charge on any atom is -0.467 e. The maximum atomic E-state index is 12.4. The minimum absolute atomic E-state index is 0.0324. The monoisotopic (exact) mass is 358 g/mol. The molecule has 0 atom stereocenters. The van der Waals surface area contributed by atoms with Gasteiger partial charge in [-0.15, -0.1) is 4.98 Å². The second-order valence-corrected chi connectivity index (χ2v) is 6.56. The van der Waals surface area contributed by atoms with Crippen molar-refractivity contribution in [2.45, 2.75) is 18.4 Å². The van der Waals surface area contributed by atoms with E-state index in [9.17, 15) is 8.42 Å². The number of hydrogen-bond acceptors (Lipinski definition) is 7. The van der Waals surface area contributed by atoms with Crippen molar-refractivity contribution in [3.8, 4) is 12.0 Å². The van der Waals surface area contributed by atoms with Gasteiger partial charge in [-0.2, -0.15) is 9.97 Å². The van der Waals surface area contributed by atoms with Gasteiger partial charge < -0.3 is 9.47 Å². The topological polar surface area (TPSA) is 103 Å². The highest BCUT2D eigenvalue weighted by Gasteiger charge is 2.19. The van der Waals surface area contributed by atoms with Crippen LogP contribution >= 0.6 is 11.6 Å². The van der Waals surface area contributed by atoms with E-state index in [1.807, 2.05) is 0 Å². The first-order valence-electron chi connectivity index (χ1n) is 6.45.